The Morgan fingerprint density at radius 3 is 2.55 bits per heavy atom. The minimum Gasteiger partial charge on any atom is -0.391 e. The monoisotopic (exact) mass is 306 g/mol. The van der Waals surface area contributed by atoms with E-state index in [2.05, 4.69) is 5.32 Å². The average Bonchev–Trinajstić information content (AvgIpc) is 2.88. The lowest BCUT2D eigenvalue weighted by atomic mass is 9.92. The SMILES string of the molecule is CCC(CC)(NC(=O)c1cc2ccccc2s1)C(N)=S. The maximum absolute atomic E-state index is 12.4. The molecule has 0 atom stereocenters. The van der Waals surface area contributed by atoms with Crippen molar-refractivity contribution in [1.29, 1.82) is 0 Å². The van der Waals surface area contributed by atoms with Crippen molar-refractivity contribution < 1.29 is 4.79 Å². The third kappa shape index (κ3) is 2.69. The number of hydrogen-bond acceptors (Lipinski definition) is 3. The molecule has 0 aliphatic heterocycles. The number of hydrogen-bond donors (Lipinski definition) is 2. The fraction of sp³-hybridized carbons (Fsp3) is 0.333. The molecule has 1 heterocycles. The van der Waals surface area contributed by atoms with E-state index in [1.807, 2.05) is 44.2 Å². The van der Waals surface area contributed by atoms with Crippen LogP contribution in [0.15, 0.2) is 30.3 Å². The zero-order valence-electron chi connectivity index (χ0n) is 11.6. The molecule has 0 bridgehead atoms. The third-order valence-electron chi connectivity index (χ3n) is 3.68. The molecule has 5 heteroatoms. The van der Waals surface area contributed by atoms with E-state index in [9.17, 15) is 4.79 Å². The molecule has 3 nitrogen and oxygen atoms in total. The normalized spacial score (nSPS) is 11.5. The van der Waals surface area contributed by atoms with Gasteiger partial charge in [0.2, 0.25) is 0 Å². The molecule has 2 aromatic rings. The average molecular weight is 306 g/mol. The van der Waals surface area contributed by atoms with Gasteiger partial charge in [-0.05, 0) is 30.4 Å². The van der Waals surface area contributed by atoms with Crippen molar-refractivity contribution in [2.45, 2.75) is 32.2 Å². The smallest absolute Gasteiger partial charge is 0.262 e. The molecule has 0 spiro atoms. The summed E-state index contributed by atoms with van der Waals surface area (Å²) in [7, 11) is 0. The van der Waals surface area contributed by atoms with Gasteiger partial charge >= 0.3 is 0 Å². The van der Waals surface area contributed by atoms with Crippen LogP contribution in [0.4, 0.5) is 0 Å². The predicted octanol–water partition coefficient (Wildman–Crippen LogP) is 3.48. The van der Waals surface area contributed by atoms with Gasteiger partial charge < -0.3 is 11.1 Å². The number of carbonyl (C=O) groups excluding carboxylic acids is 1. The summed E-state index contributed by atoms with van der Waals surface area (Å²) in [5.74, 6) is -0.109. The Hall–Kier alpha value is -1.46. The van der Waals surface area contributed by atoms with Crippen molar-refractivity contribution in [3.8, 4) is 0 Å². The molecular formula is C15H18N2OS2. The van der Waals surface area contributed by atoms with Gasteiger partial charge in [0.1, 0.15) is 0 Å². The molecule has 0 saturated heterocycles. The molecule has 0 radical (unpaired) electrons. The second-order valence-corrected chi connectivity index (χ2v) is 6.28. The quantitative estimate of drug-likeness (QED) is 0.832. The molecule has 1 aromatic carbocycles. The Labute approximate surface area is 128 Å². The van der Waals surface area contributed by atoms with Crippen LogP contribution < -0.4 is 11.1 Å². The number of thiophene rings is 1. The number of fused-ring (bicyclic) bond motifs is 1. The van der Waals surface area contributed by atoms with E-state index >= 15 is 0 Å². The Morgan fingerprint density at radius 2 is 2.00 bits per heavy atom. The first-order chi connectivity index (χ1) is 9.52. The van der Waals surface area contributed by atoms with Gasteiger partial charge in [-0.3, -0.25) is 4.79 Å². The Balaban J connectivity index is 2.29. The highest BCUT2D eigenvalue weighted by atomic mass is 32.1. The molecule has 1 aromatic heterocycles. The van der Waals surface area contributed by atoms with Crippen molar-refractivity contribution in [2.75, 3.05) is 0 Å². The largest absolute Gasteiger partial charge is 0.391 e. The van der Waals surface area contributed by atoms with Crippen molar-refractivity contribution in [2.24, 2.45) is 5.73 Å². The summed E-state index contributed by atoms with van der Waals surface area (Å²) in [6.45, 7) is 3.96. The number of carbonyl (C=O) groups is 1. The zero-order valence-corrected chi connectivity index (χ0v) is 13.2. The van der Waals surface area contributed by atoms with Gasteiger partial charge in [0.05, 0.1) is 15.4 Å². The van der Waals surface area contributed by atoms with Crippen LogP contribution >= 0.6 is 23.6 Å². The summed E-state index contributed by atoms with van der Waals surface area (Å²) < 4.78 is 1.10. The van der Waals surface area contributed by atoms with E-state index in [1.54, 1.807) is 0 Å². The van der Waals surface area contributed by atoms with Crippen LogP contribution in [0.3, 0.4) is 0 Å². The van der Waals surface area contributed by atoms with Gasteiger partial charge in [0, 0.05) is 4.70 Å². The van der Waals surface area contributed by atoms with E-state index in [0.29, 0.717) is 22.7 Å². The van der Waals surface area contributed by atoms with Crippen LogP contribution in [0, 0.1) is 0 Å². The fourth-order valence-corrected chi connectivity index (χ4v) is 3.51. The van der Waals surface area contributed by atoms with Gasteiger partial charge in [-0.15, -0.1) is 11.3 Å². The highest BCUT2D eigenvalue weighted by molar-refractivity contribution is 7.80. The van der Waals surface area contributed by atoms with Gasteiger partial charge in [-0.25, -0.2) is 0 Å². The van der Waals surface area contributed by atoms with Gasteiger partial charge in [-0.2, -0.15) is 0 Å². The molecule has 0 unspecified atom stereocenters. The highest BCUT2D eigenvalue weighted by Crippen LogP contribution is 2.26. The molecule has 3 N–H and O–H groups in total. The lowest BCUT2D eigenvalue weighted by Crippen LogP contribution is -2.55. The van der Waals surface area contributed by atoms with E-state index in [4.69, 9.17) is 18.0 Å². The van der Waals surface area contributed by atoms with Crippen LogP contribution in [-0.2, 0) is 0 Å². The van der Waals surface area contributed by atoms with Crippen LogP contribution in [0.1, 0.15) is 36.4 Å². The number of amides is 1. The van der Waals surface area contributed by atoms with Gasteiger partial charge in [0.25, 0.3) is 5.91 Å². The second kappa shape index (κ2) is 5.89. The minimum atomic E-state index is -0.595. The molecule has 2 rings (SSSR count). The van der Waals surface area contributed by atoms with E-state index in [1.165, 1.54) is 11.3 Å². The first-order valence-corrected chi connectivity index (χ1v) is 7.86. The maximum atomic E-state index is 12.4. The molecule has 106 valence electrons. The molecule has 0 fully saturated rings. The number of thiocarbonyl (C=S) groups is 1. The van der Waals surface area contributed by atoms with Gasteiger partial charge in [0.15, 0.2) is 0 Å². The first kappa shape index (κ1) is 14.9. The zero-order chi connectivity index (χ0) is 14.8. The van der Waals surface area contributed by atoms with Crippen molar-refractivity contribution in [1.82, 2.24) is 5.32 Å². The van der Waals surface area contributed by atoms with E-state index in [-0.39, 0.29) is 5.91 Å². The standard InChI is InChI=1S/C15H18N2OS2/c1-3-15(4-2,14(16)19)17-13(18)12-9-10-7-5-6-8-11(10)20-12/h5-9H,3-4H2,1-2H3,(H2,16,19)(H,17,18). The molecule has 20 heavy (non-hydrogen) atoms. The minimum absolute atomic E-state index is 0.109. The van der Waals surface area contributed by atoms with Crippen molar-refractivity contribution in [3.63, 3.8) is 0 Å². The fourth-order valence-electron chi connectivity index (χ4n) is 2.21. The Bertz CT molecular complexity index is 611. The maximum Gasteiger partial charge on any atom is 0.262 e. The first-order valence-electron chi connectivity index (χ1n) is 6.63. The number of nitrogens with two attached hydrogens (primary N) is 1. The van der Waals surface area contributed by atoms with E-state index < -0.39 is 5.54 Å². The summed E-state index contributed by atoms with van der Waals surface area (Å²) in [6, 6.07) is 9.86. The number of benzene rings is 1. The number of rotatable bonds is 5. The number of nitrogens with one attached hydrogen (secondary N) is 1. The van der Waals surface area contributed by atoms with Crippen LogP contribution in [0.5, 0.6) is 0 Å². The topological polar surface area (TPSA) is 55.1 Å². The summed E-state index contributed by atoms with van der Waals surface area (Å²) in [6.07, 6.45) is 1.38. The summed E-state index contributed by atoms with van der Waals surface area (Å²) in [5.41, 5.74) is 5.22. The Kier molecular flexibility index (Phi) is 4.40. The van der Waals surface area contributed by atoms with Crippen LogP contribution in [0.2, 0.25) is 0 Å². The molecule has 0 aliphatic carbocycles. The molecule has 1 amide bonds. The summed E-state index contributed by atoms with van der Waals surface area (Å²) in [4.78, 5) is 13.5. The van der Waals surface area contributed by atoms with Crippen LogP contribution in [0.25, 0.3) is 10.1 Å². The lowest BCUT2D eigenvalue weighted by Gasteiger charge is -2.31. The predicted molar refractivity (Wildman–Crippen MR) is 89.4 cm³/mol. The second-order valence-electron chi connectivity index (χ2n) is 4.76. The van der Waals surface area contributed by atoms with Crippen molar-refractivity contribution >= 4 is 44.5 Å². The molecule has 0 saturated carbocycles. The van der Waals surface area contributed by atoms with Gasteiger partial charge in [-0.1, -0.05) is 44.3 Å². The lowest BCUT2D eigenvalue weighted by molar-refractivity contribution is 0.0924. The molecular weight excluding hydrogens is 288 g/mol. The third-order valence-corrected chi connectivity index (χ3v) is 5.19. The highest BCUT2D eigenvalue weighted by Gasteiger charge is 2.32. The van der Waals surface area contributed by atoms with E-state index in [0.717, 1.165) is 10.1 Å². The van der Waals surface area contributed by atoms with Crippen molar-refractivity contribution in [3.05, 3.63) is 35.2 Å². The summed E-state index contributed by atoms with van der Waals surface area (Å²) in [5, 5.41) is 4.09. The van der Waals surface area contributed by atoms with Crippen LogP contribution in [-0.4, -0.2) is 16.4 Å². The summed E-state index contributed by atoms with van der Waals surface area (Å²) >= 11 is 6.61. The Morgan fingerprint density at radius 1 is 1.35 bits per heavy atom. The molecule has 0 aliphatic rings.